The smallest absolute Gasteiger partial charge is 0.252 e. The summed E-state index contributed by atoms with van der Waals surface area (Å²) in [7, 11) is 0. The highest BCUT2D eigenvalue weighted by atomic mass is 16.5. The number of hydrogen-bond donors (Lipinski definition) is 2. The Morgan fingerprint density at radius 3 is 2.76 bits per heavy atom. The zero-order valence-electron chi connectivity index (χ0n) is 16.6. The fourth-order valence-corrected chi connectivity index (χ4v) is 3.52. The maximum absolute atomic E-state index is 12.3. The Hall–Kier alpha value is -2.97. The van der Waals surface area contributed by atoms with Gasteiger partial charge in [-0.25, -0.2) is 4.98 Å². The van der Waals surface area contributed by atoms with Crippen LogP contribution in [0.4, 0.5) is 11.6 Å². The molecule has 1 fully saturated rings. The van der Waals surface area contributed by atoms with Crippen LogP contribution in [0, 0.1) is 0 Å². The van der Waals surface area contributed by atoms with E-state index >= 15 is 0 Å². The van der Waals surface area contributed by atoms with Crippen molar-refractivity contribution < 1.29 is 9.84 Å². The summed E-state index contributed by atoms with van der Waals surface area (Å²) >= 11 is 0. The molecule has 0 radical (unpaired) electrons. The van der Waals surface area contributed by atoms with Crippen molar-refractivity contribution >= 4 is 22.7 Å². The number of hydrogen-bond acceptors (Lipinski definition) is 7. The molecule has 0 saturated carbocycles. The summed E-state index contributed by atoms with van der Waals surface area (Å²) in [5.41, 5.74) is 2.11. The quantitative estimate of drug-likeness (QED) is 0.642. The molecule has 152 valence electrons. The number of aromatic nitrogens is 3. The number of pyridine rings is 1. The van der Waals surface area contributed by atoms with Gasteiger partial charge in [0.05, 0.1) is 13.2 Å². The summed E-state index contributed by atoms with van der Waals surface area (Å²) in [6.07, 6.45) is 1.71. The van der Waals surface area contributed by atoms with E-state index < -0.39 is 0 Å². The van der Waals surface area contributed by atoms with Gasteiger partial charge in [-0.3, -0.25) is 14.3 Å². The lowest BCUT2D eigenvalue weighted by Gasteiger charge is -2.27. The number of ether oxygens (including phenoxy) is 1. The summed E-state index contributed by atoms with van der Waals surface area (Å²) in [4.78, 5) is 23.4. The van der Waals surface area contributed by atoms with Crippen LogP contribution in [0.2, 0.25) is 0 Å². The molecule has 0 amide bonds. The monoisotopic (exact) mass is 395 g/mol. The number of phenolic OH excluding ortho intramolecular Hbond substituents is 1. The highest BCUT2D eigenvalue weighted by molar-refractivity contribution is 5.75. The van der Waals surface area contributed by atoms with E-state index in [0.29, 0.717) is 31.4 Å². The van der Waals surface area contributed by atoms with E-state index in [0.717, 1.165) is 29.7 Å². The lowest BCUT2D eigenvalue weighted by atomic mass is 10.1. The van der Waals surface area contributed by atoms with Crippen LogP contribution in [0.5, 0.6) is 5.75 Å². The third kappa shape index (κ3) is 4.23. The summed E-state index contributed by atoms with van der Waals surface area (Å²) in [6.45, 7) is 7.66. The molecule has 8 nitrogen and oxygen atoms in total. The predicted octanol–water partition coefficient (Wildman–Crippen LogP) is 2.65. The number of aromatic hydroxyl groups is 1. The second-order valence-corrected chi connectivity index (χ2v) is 7.46. The average Bonchev–Trinajstić information content (AvgIpc) is 2.71. The number of anilines is 2. The van der Waals surface area contributed by atoms with Crippen molar-refractivity contribution in [1.82, 2.24) is 19.4 Å². The fraction of sp³-hybridized carbons (Fsp3) is 0.381. The van der Waals surface area contributed by atoms with Gasteiger partial charge in [-0.2, -0.15) is 4.98 Å². The molecule has 1 aromatic carbocycles. The third-order valence-corrected chi connectivity index (χ3v) is 5.02. The minimum Gasteiger partial charge on any atom is -0.508 e. The molecule has 1 saturated heterocycles. The maximum Gasteiger partial charge on any atom is 0.252 e. The van der Waals surface area contributed by atoms with Gasteiger partial charge in [0.2, 0.25) is 5.95 Å². The van der Waals surface area contributed by atoms with Gasteiger partial charge >= 0.3 is 0 Å². The first-order valence-corrected chi connectivity index (χ1v) is 9.78. The van der Waals surface area contributed by atoms with Crippen molar-refractivity contribution in [3.05, 3.63) is 52.4 Å². The van der Waals surface area contributed by atoms with Gasteiger partial charge in [0.15, 0.2) is 0 Å². The van der Waals surface area contributed by atoms with Crippen molar-refractivity contribution in [2.75, 3.05) is 31.6 Å². The zero-order chi connectivity index (χ0) is 20.4. The lowest BCUT2D eigenvalue weighted by molar-refractivity contribution is 0.0339. The Balaban J connectivity index is 1.62. The molecule has 0 atom stereocenters. The summed E-state index contributed by atoms with van der Waals surface area (Å²) in [5.74, 6) is 0.663. The van der Waals surface area contributed by atoms with Gasteiger partial charge in [-0.15, -0.1) is 0 Å². The SMILES string of the molecule is CC(C)n1c(=O)ccc2cnc(Nc3ccc(O)c(CN4CCOCC4)c3)nc21. The topological polar surface area (TPSA) is 92.5 Å². The molecular formula is C21H25N5O3. The van der Waals surface area contributed by atoms with Gasteiger partial charge in [0.25, 0.3) is 5.56 Å². The second kappa shape index (κ2) is 8.18. The molecule has 2 aromatic heterocycles. The van der Waals surface area contributed by atoms with Crippen molar-refractivity contribution in [3.8, 4) is 5.75 Å². The number of nitrogens with one attached hydrogen (secondary N) is 1. The van der Waals surface area contributed by atoms with Gasteiger partial charge in [-0.05, 0) is 38.1 Å². The second-order valence-electron chi connectivity index (χ2n) is 7.46. The van der Waals surface area contributed by atoms with E-state index in [4.69, 9.17) is 4.74 Å². The highest BCUT2D eigenvalue weighted by Gasteiger charge is 2.14. The number of fused-ring (bicyclic) bond motifs is 1. The number of benzene rings is 1. The van der Waals surface area contributed by atoms with Crippen LogP contribution in [-0.2, 0) is 11.3 Å². The fourth-order valence-electron chi connectivity index (χ4n) is 3.52. The van der Waals surface area contributed by atoms with Crippen LogP contribution < -0.4 is 10.9 Å². The molecule has 0 unspecified atom stereocenters. The molecule has 0 spiro atoms. The summed E-state index contributed by atoms with van der Waals surface area (Å²) in [6, 6.07) is 8.62. The van der Waals surface area contributed by atoms with Crippen molar-refractivity contribution in [2.24, 2.45) is 0 Å². The number of phenols is 1. The number of nitrogens with zero attached hydrogens (tertiary/aromatic N) is 4. The Kier molecular flexibility index (Phi) is 5.46. The van der Waals surface area contributed by atoms with Crippen LogP contribution in [-0.4, -0.2) is 50.8 Å². The van der Waals surface area contributed by atoms with Gasteiger partial charge in [0.1, 0.15) is 11.4 Å². The van der Waals surface area contributed by atoms with E-state index in [1.54, 1.807) is 29.0 Å². The van der Waals surface area contributed by atoms with Crippen LogP contribution >= 0.6 is 0 Å². The van der Waals surface area contributed by atoms with Gasteiger partial charge in [-0.1, -0.05) is 0 Å². The molecule has 1 aliphatic rings. The molecule has 3 aromatic rings. The molecule has 0 aliphatic carbocycles. The van der Waals surface area contributed by atoms with Crippen LogP contribution in [0.25, 0.3) is 11.0 Å². The highest BCUT2D eigenvalue weighted by Crippen LogP contribution is 2.25. The average molecular weight is 395 g/mol. The lowest BCUT2D eigenvalue weighted by Crippen LogP contribution is -2.35. The Labute approximate surface area is 168 Å². The minimum absolute atomic E-state index is 0.0113. The zero-order valence-corrected chi connectivity index (χ0v) is 16.6. The van der Waals surface area contributed by atoms with Crippen LogP contribution in [0.15, 0.2) is 41.3 Å². The van der Waals surface area contributed by atoms with Crippen molar-refractivity contribution in [3.63, 3.8) is 0 Å². The first kappa shape index (κ1) is 19.4. The van der Waals surface area contributed by atoms with Crippen molar-refractivity contribution in [1.29, 1.82) is 0 Å². The minimum atomic E-state index is -0.0884. The van der Waals surface area contributed by atoms with Gasteiger partial charge in [0, 0.05) is 54.6 Å². The van der Waals surface area contributed by atoms with E-state index in [-0.39, 0.29) is 17.4 Å². The molecule has 29 heavy (non-hydrogen) atoms. The Morgan fingerprint density at radius 1 is 1.21 bits per heavy atom. The molecule has 3 heterocycles. The van der Waals surface area contributed by atoms with Crippen LogP contribution in [0.1, 0.15) is 25.5 Å². The normalized spacial score (nSPS) is 15.1. The Morgan fingerprint density at radius 2 is 2.00 bits per heavy atom. The molecular weight excluding hydrogens is 370 g/mol. The molecule has 2 N–H and O–H groups in total. The summed E-state index contributed by atoms with van der Waals surface area (Å²) in [5, 5.41) is 14.2. The van der Waals surface area contributed by atoms with E-state index in [1.807, 2.05) is 19.9 Å². The number of morpholine rings is 1. The van der Waals surface area contributed by atoms with E-state index in [9.17, 15) is 9.90 Å². The molecule has 1 aliphatic heterocycles. The molecule has 4 rings (SSSR count). The largest absolute Gasteiger partial charge is 0.508 e. The van der Waals surface area contributed by atoms with Crippen molar-refractivity contribution in [2.45, 2.75) is 26.4 Å². The summed E-state index contributed by atoms with van der Waals surface area (Å²) < 4.78 is 7.04. The standard InChI is InChI=1S/C21H25N5O3/c1-14(2)26-19(28)6-3-15-12-22-21(24-20(15)26)23-17-4-5-18(27)16(11-17)13-25-7-9-29-10-8-25/h3-6,11-12,14,27H,7-10,13H2,1-2H3,(H,22,23,24). The third-order valence-electron chi connectivity index (χ3n) is 5.02. The maximum atomic E-state index is 12.3. The van der Waals surface area contributed by atoms with E-state index in [1.165, 1.54) is 6.07 Å². The number of rotatable bonds is 5. The van der Waals surface area contributed by atoms with E-state index in [2.05, 4.69) is 20.2 Å². The predicted molar refractivity (Wildman–Crippen MR) is 112 cm³/mol. The Bertz CT molecular complexity index is 1070. The molecule has 0 bridgehead atoms. The molecule has 8 heteroatoms. The first-order valence-electron chi connectivity index (χ1n) is 9.78. The van der Waals surface area contributed by atoms with Crippen LogP contribution in [0.3, 0.4) is 0 Å². The first-order chi connectivity index (χ1) is 14.0. The van der Waals surface area contributed by atoms with Gasteiger partial charge < -0.3 is 15.2 Å².